The number of amides is 1. The zero-order valence-corrected chi connectivity index (χ0v) is 13.0. The van der Waals surface area contributed by atoms with Gasteiger partial charge < -0.3 is 10.6 Å². The summed E-state index contributed by atoms with van der Waals surface area (Å²) in [6, 6.07) is 6.27. The van der Waals surface area contributed by atoms with Crippen LogP contribution < -0.4 is 10.6 Å². The SMILES string of the molecule is CNC(=O)C(C)(C)CNCc1ccc(Br)c(C)c1. The second-order valence-electron chi connectivity index (χ2n) is 5.15. The number of benzene rings is 1. The highest BCUT2D eigenvalue weighted by atomic mass is 79.9. The maximum atomic E-state index is 11.6. The van der Waals surface area contributed by atoms with Gasteiger partial charge in [0, 0.05) is 24.6 Å². The Morgan fingerprint density at radius 3 is 2.61 bits per heavy atom. The van der Waals surface area contributed by atoms with Crippen LogP contribution in [-0.4, -0.2) is 19.5 Å². The summed E-state index contributed by atoms with van der Waals surface area (Å²) in [6.45, 7) is 7.37. The van der Waals surface area contributed by atoms with Gasteiger partial charge in [-0.1, -0.05) is 28.1 Å². The van der Waals surface area contributed by atoms with Gasteiger partial charge in [-0.05, 0) is 38.0 Å². The zero-order valence-electron chi connectivity index (χ0n) is 11.4. The number of carbonyl (C=O) groups excluding carboxylic acids is 1. The van der Waals surface area contributed by atoms with Gasteiger partial charge in [-0.2, -0.15) is 0 Å². The molecule has 0 aromatic heterocycles. The van der Waals surface area contributed by atoms with Gasteiger partial charge in [-0.25, -0.2) is 0 Å². The molecule has 1 aromatic carbocycles. The summed E-state index contributed by atoms with van der Waals surface area (Å²) in [5, 5.41) is 6.01. The highest BCUT2D eigenvalue weighted by molar-refractivity contribution is 9.10. The summed E-state index contributed by atoms with van der Waals surface area (Å²) in [7, 11) is 1.67. The molecule has 0 spiro atoms. The van der Waals surface area contributed by atoms with E-state index in [1.165, 1.54) is 11.1 Å². The zero-order chi connectivity index (χ0) is 13.8. The fourth-order valence-electron chi connectivity index (χ4n) is 1.75. The maximum absolute atomic E-state index is 11.6. The summed E-state index contributed by atoms with van der Waals surface area (Å²) < 4.78 is 1.12. The standard InChI is InChI=1S/C14H21BrN2O/c1-10-7-11(5-6-12(10)15)8-17-9-14(2,3)13(18)16-4/h5-7,17H,8-9H2,1-4H3,(H,16,18). The van der Waals surface area contributed by atoms with Gasteiger partial charge in [0.25, 0.3) is 0 Å². The molecule has 0 radical (unpaired) electrons. The molecule has 0 bridgehead atoms. The van der Waals surface area contributed by atoms with Gasteiger partial charge >= 0.3 is 0 Å². The lowest BCUT2D eigenvalue weighted by molar-refractivity contribution is -0.128. The van der Waals surface area contributed by atoms with Crippen molar-refractivity contribution in [2.45, 2.75) is 27.3 Å². The van der Waals surface area contributed by atoms with Crippen LogP contribution in [0.15, 0.2) is 22.7 Å². The molecule has 0 aliphatic heterocycles. The highest BCUT2D eigenvalue weighted by Gasteiger charge is 2.25. The van der Waals surface area contributed by atoms with Gasteiger partial charge in [-0.15, -0.1) is 0 Å². The second kappa shape index (κ2) is 6.34. The van der Waals surface area contributed by atoms with Crippen LogP contribution in [0.4, 0.5) is 0 Å². The first-order chi connectivity index (χ1) is 8.36. The van der Waals surface area contributed by atoms with Gasteiger partial charge in [0.1, 0.15) is 0 Å². The third-order valence-electron chi connectivity index (χ3n) is 2.96. The molecule has 1 aromatic rings. The second-order valence-corrected chi connectivity index (χ2v) is 6.00. The van der Waals surface area contributed by atoms with Gasteiger partial charge in [0.05, 0.1) is 5.41 Å². The fraction of sp³-hybridized carbons (Fsp3) is 0.500. The molecule has 0 atom stereocenters. The first-order valence-electron chi connectivity index (χ1n) is 6.05. The average Bonchev–Trinajstić information content (AvgIpc) is 2.32. The van der Waals surface area contributed by atoms with Crippen LogP contribution in [0, 0.1) is 12.3 Å². The molecule has 0 heterocycles. The van der Waals surface area contributed by atoms with E-state index in [1.54, 1.807) is 7.05 Å². The normalized spacial score (nSPS) is 11.4. The van der Waals surface area contributed by atoms with Crippen molar-refractivity contribution in [2.75, 3.05) is 13.6 Å². The van der Waals surface area contributed by atoms with E-state index < -0.39 is 0 Å². The van der Waals surface area contributed by atoms with Crippen molar-refractivity contribution in [1.29, 1.82) is 0 Å². The molecule has 1 rings (SSSR count). The lowest BCUT2D eigenvalue weighted by atomic mass is 9.92. The molecular weight excluding hydrogens is 292 g/mol. The van der Waals surface area contributed by atoms with Crippen molar-refractivity contribution in [1.82, 2.24) is 10.6 Å². The summed E-state index contributed by atoms with van der Waals surface area (Å²) in [6.07, 6.45) is 0. The monoisotopic (exact) mass is 312 g/mol. The quantitative estimate of drug-likeness (QED) is 0.877. The van der Waals surface area contributed by atoms with Crippen molar-refractivity contribution in [3.05, 3.63) is 33.8 Å². The molecule has 0 aliphatic carbocycles. The average molecular weight is 313 g/mol. The molecular formula is C14H21BrN2O. The number of hydrogen-bond donors (Lipinski definition) is 2. The topological polar surface area (TPSA) is 41.1 Å². The molecule has 3 nitrogen and oxygen atoms in total. The fourth-order valence-corrected chi connectivity index (χ4v) is 2.00. The Kier molecular flexibility index (Phi) is 5.35. The van der Waals surface area contributed by atoms with E-state index in [0.717, 1.165) is 11.0 Å². The number of carbonyl (C=O) groups is 1. The predicted molar refractivity (Wildman–Crippen MR) is 78.4 cm³/mol. The Morgan fingerprint density at radius 1 is 1.39 bits per heavy atom. The van der Waals surface area contributed by atoms with E-state index in [0.29, 0.717) is 6.54 Å². The molecule has 0 saturated carbocycles. The Bertz CT molecular complexity index is 430. The van der Waals surface area contributed by atoms with Crippen molar-refractivity contribution < 1.29 is 4.79 Å². The summed E-state index contributed by atoms with van der Waals surface area (Å²) in [5.74, 6) is 0.0574. The smallest absolute Gasteiger partial charge is 0.226 e. The van der Waals surface area contributed by atoms with Crippen LogP contribution in [-0.2, 0) is 11.3 Å². The van der Waals surface area contributed by atoms with E-state index in [4.69, 9.17) is 0 Å². The van der Waals surface area contributed by atoms with Crippen LogP contribution in [0.5, 0.6) is 0 Å². The summed E-state index contributed by atoms with van der Waals surface area (Å²) >= 11 is 3.48. The molecule has 18 heavy (non-hydrogen) atoms. The lowest BCUT2D eigenvalue weighted by Gasteiger charge is -2.23. The van der Waals surface area contributed by atoms with Gasteiger partial charge in [-0.3, -0.25) is 4.79 Å². The van der Waals surface area contributed by atoms with Gasteiger partial charge in [0.2, 0.25) is 5.91 Å². The third-order valence-corrected chi connectivity index (χ3v) is 3.85. The lowest BCUT2D eigenvalue weighted by Crippen LogP contribution is -2.41. The van der Waals surface area contributed by atoms with Crippen molar-refractivity contribution in [3.63, 3.8) is 0 Å². The van der Waals surface area contributed by atoms with Crippen molar-refractivity contribution in [2.24, 2.45) is 5.41 Å². The third kappa shape index (κ3) is 4.10. The largest absolute Gasteiger partial charge is 0.359 e. The van der Waals surface area contributed by atoms with Crippen molar-refractivity contribution in [3.8, 4) is 0 Å². The minimum Gasteiger partial charge on any atom is -0.359 e. The van der Waals surface area contributed by atoms with E-state index in [2.05, 4.69) is 51.7 Å². The first kappa shape index (κ1) is 15.2. The summed E-state index contributed by atoms with van der Waals surface area (Å²) in [4.78, 5) is 11.6. The molecule has 0 fully saturated rings. The Labute approximate surface area is 117 Å². The van der Waals surface area contributed by atoms with E-state index >= 15 is 0 Å². The number of nitrogens with one attached hydrogen (secondary N) is 2. The number of halogens is 1. The van der Waals surface area contributed by atoms with Crippen LogP contribution in [0.2, 0.25) is 0 Å². The number of hydrogen-bond acceptors (Lipinski definition) is 2. The first-order valence-corrected chi connectivity index (χ1v) is 6.84. The van der Waals surface area contributed by atoms with Crippen molar-refractivity contribution >= 4 is 21.8 Å². The maximum Gasteiger partial charge on any atom is 0.226 e. The van der Waals surface area contributed by atoms with E-state index in [1.807, 2.05) is 13.8 Å². The van der Waals surface area contributed by atoms with Crippen LogP contribution in [0.25, 0.3) is 0 Å². The molecule has 0 aliphatic rings. The summed E-state index contributed by atoms with van der Waals surface area (Å²) in [5.41, 5.74) is 2.06. The Balaban J connectivity index is 2.51. The van der Waals surface area contributed by atoms with E-state index in [9.17, 15) is 4.79 Å². The molecule has 0 unspecified atom stereocenters. The number of rotatable bonds is 5. The van der Waals surface area contributed by atoms with Crippen LogP contribution in [0.1, 0.15) is 25.0 Å². The van der Waals surface area contributed by atoms with E-state index in [-0.39, 0.29) is 11.3 Å². The van der Waals surface area contributed by atoms with Crippen LogP contribution in [0.3, 0.4) is 0 Å². The molecule has 100 valence electrons. The Morgan fingerprint density at radius 2 is 2.06 bits per heavy atom. The molecule has 4 heteroatoms. The Hall–Kier alpha value is -0.870. The predicted octanol–water partition coefficient (Wildman–Crippen LogP) is 2.62. The van der Waals surface area contributed by atoms with Crippen LogP contribution >= 0.6 is 15.9 Å². The highest BCUT2D eigenvalue weighted by Crippen LogP contribution is 2.17. The van der Waals surface area contributed by atoms with Gasteiger partial charge in [0.15, 0.2) is 0 Å². The minimum atomic E-state index is -0.390. The minimum absolute atomic E-state index is 0.0574. The number of aryl methyl sites for hydroxylation is 1. The molecule has 2 N–H and O–H groups in total. The molecule has 0 saturated heterocycles. The molecule has 1 amide bonds.